The molecule has 7 heteroatoms. The van der Waals surface area contributed by atoms with Gasteiger partial charge in [-0.05, 0) is 68.8 Å². The summed E-state index contributed by atoms with van der Waals surface area (Å²) in [6.07, 6.45) is 0. The van der Waals surface area contributed by atoms with Crippen molar-refractivity contribution in [2.45, 2.75) is 20.1 Å². The second-order valence-electron chi connectivity index (χ2n) is 6.61. The van der Waals surface area contributed by atoms with Crippen LogP contribution in [0, 0.1) is 25.4 Å². The fourth-order valence-electron chi connectivity index (χ4n) is 2.94. The first-order valence-corrected chi connectivity index (χ1v) is 11.4. The molecule has 0 aliphatic carbocycles. The smallest absolute Gasteiger partial charge is 0.340 e. The summed E-state index contributed by atoms with van der Waals surface area (Å²) in [7, 11) is 0. The van der Waals surface area contributed by atoms with Gasteiger partial charge in [-0.25, -0.2) is 9.59 Å². The highest BCUT2D eigenvalue weighted by atomic mass is 127. The van der Waals surface area contributed by atoms with Crippen LogP contribution in [-0.4, -0.2) is 11.9 Å². The second kappa shape index (κ2) is 10.7. The van der Waals surface area contributed by atoms with E-state index in [1.165, 1.54) is 0 Å². The summed E-state index contributed by atoms with van der Waals surface area (Å²) in [6, 6.07) is 20.7. The van der Waals surface area contributed by atoms with Crippen molar-refractivity contribution in [3.05, 3.63) is 101 Å². The average molecular weight is 637 g/mol. The van der Waals surface area contributed by atoms with Crippen LogP contribution in [0.2, 0.25) is 0 Å². The molecule has 0 saturated carbocycles. The van der Waals surface area contributed by atoms with E-state index in [0.29, 0.717) is 12.7 Å². The number of rotatable bonds is 6. The lowest BCUT2D eigenvalue weighted by atomic mass is 9.99. The number of hydrogen-bond acceptors (Lipinski definition) is 5. The summed E-state index contributed by atoms with van der Waals surface area (Å²) >= 11 is 3.89. The summed E-state index contributed by atoms with van der Waals surface area (Å²) in [5.41, 5.74) is 2.83. The Morgan fingerprint density at radius 2 is 1.26 bits per heavy atom. The van der Waals surface area contributed by atoms with Crippen molar-refractivity contribution in [1.29, 1.82) is 5.26 Å². The third-order valence-electron chi connectivity index (χ3n) is 4.56. The predicted molar refractivity (Wildman–Crippen MR) is 132 cm³/mol. The maximum atomic E-state index is 12.9. The van der Waals surface area contributed by atoms with E-state index in [1.807, 2.05) is 106 Å². The average Bonchev–Trinajstić information content (AvgIpc) is 2.79. The first-order valence-electron chi connectivity index (χ1n) is 9.27. The van der Waals surface area contributed by atoms with E-state index in [9.17, 15) is 14.9 Å². The van der Waals surface area contributed by atoms with Gasteiger partial charge >= 0.3 is 11.9 Å². The largest absolute Gasteiger partial charge is 0.457 e. The molecular formula is C24H17I2NO4. The lowest BCUT2D eigenvalue weighted by molar-refractivity contribution is 0.0467. The lowest BCUT2D eigenvalue weighted by Crippen LogP contribution is -2.18. The topological polar surface area (TPSA) is 76.4 Å². The number of nitrogens with zero attached hydrogens (tertiary/aromatic N) is 1. The van der Waals surface area contributed by atoms with Crippen LogP contribution >= 0.6 is 45.2 Å². The van der Waals surface area contributed by atoms with E-state index in [1.54, 1.807) is 6.92 Å². The maximum absolute atomic E-state index is 12.9. The molecule has 156 valence electrons. The number of ether oxygens (including phenoxy) is 2. The Bertz CT molecular complexity index is 1160. The lowest BCUT2D eigenvalue weighted by Gasteiger charge is -2.16. The molecule has 0 saturated heterocycles. The molecule has 0 atom stereocenters. The Hall–Kier alpha value is -2.45. The zero-order valence-electron chi connectivity index (χ0n) is 16.5. The Balaban J connectivity index is 1.91. The third-order valence-corrected chi connectivity index (χ3v) is 6.99. The fourth-order valence-corrected chi connectivity index (χ4v) is 4.71. The van der Waals surface area contributed by atoms with Gasteiger partial charge in [0.2, 0.25) is 0 Å². The van der Waals surface area contributed by atoms with Crippen LogP contribution in [0.1, 0.15) is 43.0 Å². The Morgan fingerprint density at radius 1 is 0.806 bits per heavy atom. The van der Waals surface area contributed by atoms with Crippen molar-refractivity contribution in [3.63, 3.8) is 0 Å². The van der Waals surface area contributed by atoms with Gasteiger partial charge in [0.25, 0.3) is 0 Å². The van der Waals surface area contributed by atoms with Crippen LogP contribution in [0.25, 0.3) is 0 Å². The molecule has 0 unspecified atom stereocenters. The van der Waals surface area contributed by atoms with E-state index < -0.39 is 11.9 Å². The molecule has 0 bridgehead atoms. The molecule has 0 radical (unpaired) electrons. The van der Waals surface area contributed by atoms with Crippen molar-refractivity contribution in [3.8, 4) is 6.07 Å². The highest BCUT2D eigenvalue weighted by Crippen LogP contribution is 2.31. The third kappa shape index (κ3) is 5.43. The minimum Gasteiger partial charge on any atom is -0.457 e. The number of nitriles is 1. The number of benzene rings is 3. The summed E-state index contributed by atoms with van der Waals surface area (Å²) in [6.45, 7) is 1.92. The van der Waals surface area contributed by atoms with Crippen molar-refractivity contribution < 1.29 is 19.1 Å². The number of carbonyl (C=O) groups is 2. The predicted octanol–water partition coefficient (Wildman–Crippen LogP) is 5.79. The second-order valence-corrected chi connectivity index (χ2v) is 8.77. The molecule has 0 aromatic heterocycles. The van der Waals surface area contributed by atoms with Gasteiger partial charge in [-0.15, -0.1) is 0 Å². The highest BCUT2D eigenvalue weighted by molar-refractivity contribution is 14.1. The van der Waals surface area contributed by atoms with Gasteiger partial charge in [0.15, 0.2) is 0 Å². The molecule has 0 aliphatic rings. The van der Waals surface area contributed by atoms with Gasteiger partial charge < -0.3 is 9.47 Å². The molecule has 0 fully saturated rings. The van der Waals surface area contributed by atoms with Gasteiger partial charge in [-0.2, -0.15) is 5.26 Å². The number of hydrogen-bond donors (Lipinski definition) is 0. The quantitative estimate of drug-likeness (QED) is 0.253. The molecular weight excluding hydrogens is 620 g/mol. The van der Waals surface area contributed by atoms with E-state index >= 15 is 0 Å². The van der Waals surface area contributed by atoms with Crippen LogP contribution < -0.4 is 0 Å². The van der Waals surface area contributed by atoms with Crippen molar-refractivity contribution in [1.82, 2.24) is 0 Å². The molecule has 0 amide bonds. The Kier molecular flexibility index (Phi) is 8.03. The van der Waals surface area contributed by atoms with Crippen LogP contribution in [0.15, 0.2) is 60.7 Å². The molecule has 0 heterocycles. The van der Waals surface area contributed by atoms with Crippen molar-refractivity contribution in [2.75, 3.05) is 0 Å². The molecule has 5 nitrogen and oxygen atoms in total. The zero-order chi connectivity index (χ0) is 22.4. The normalized spacial score (nSPS) is 10.3. The van der Waals surface area contributed by atoms with Gasteiger partial charge in [0.05, 0.1) is 16.7 Å². The van der Waals surface area contributed by atoms with E-state index in [-0.39, 0.29) is 29.9 Å². The molecule has 3 rings (SSSR count). The van der Waals surface area contributed by atoms with Crippen LogP contribution in [0.3, 0.4) is 0 Å². The fraction of sp³-hybridized carbons (Fsp3) is 0.125. The van der Waals surface area contributed by atoms with Gasteiger partial charge in [0, 0.05) is 7.14 Å². The van der Waals surface area contributed by atoms with Crippen LogP contribution in [-0.2, 0) is 22.7 Å². The van der Waals surface area contributed by atoms with Crippen molar-refractivity contribution in [2.24, 2.45) is 0 Å². The molecule has 0 N–H and O–H groups in total. The standard InChI is InChI=1S/C24H17I2NO4/c1-15-19(23(28)30-13-16-8-4-2-5-9-16)22(26)20(18(12-27)21(15)25)24(29)31-14-17-10-6-3-7-11-17/h2-11H,13-14H2,1H3. The Morgan fingerprint density at radius 3 is 1.71 bits per heavy atom. The zero-order valence-corrected chi connectivity index (χ0v) is 20.8. The van der Waals surface area contributed by atoms with Gasteiger partial charge in [-0.3, -0.25) is 0 Å². The summed E-state index contributed by atoms with van der Waals surface area (Å²) in [5, 5.41) is 9.68. The monoisotopic (exact) mass is 637 g/mol. The number of halogens is 2. The molecule has 31 heavy (non-hydrogen) atoms. The maximum Gasteiger partial charge on any atom is 0.340 e. The van der Waals surface area contributed by atoms with Crippen LogP contribution in [0.4, 0.5) is 0 Å². The van der Waals surface area contributed by atoms with Gasteiger partial charge in [0.1, 0.15) is 19.3 Å². The first kappa shape index (κ1) is 23.2. The van der Waals surface area contributed by atoms with E-state index in [0.717, 1.165) is 11.1 Å². The van der Waals surface area contributed by atoms with Crippen molar-refractivity contribution >= 4 is 57.1 Å². The van der Waals surface area contributed by atoms with E-state index in [2.05, 4.69) is 6.07 Å². The Labute approximate surface area is 207 Å². The number of esters is 2. The van der Waals surface area contributed by atoms with Gasteiger partial charge in [-0.1, -0.05) is 60.7 Å². The van der Waals surface area contributed by atoms with E-state index in [4.69, 9.17) is 9.47 Å². The SMILES string of the molecule is Cc1c(I)c(C#N)c(C(=O)OCc2ccccc2)c(I)c1C(=O)OCc1ccccc1. The molecule has 0 spiro atoms. The summed E-state index contributed by atoms with van der Waals surface area (Å²) in [5.74, 6) is -1.20. The summed E-state index contributed by atoms with van der Waals surface area (Å²) in [4.78, 5) is 25.8. The molecule has 0 aliphatic heterocycles. The molecule has 3 aromatic rings. The van der Waals surface area contributed by atoms with Crippen LogP contribution in [0.5, 0.6) is 0 Å². The number of carbonyl (C=O) groups excluding carboxylic acids is 2. The highest BCUT2D eigenvalue weighted by Gasteiger charge is 2.29. The summed E-state index contributed by atoms with van der Waals surface area (Å²) < 4.78 is 11.8. The first-order chi connectivity index (χ1) is 14.9. The molecule has 3 aromatic carbocycles. The minimum atomic E-state index is -0.653. The minimum absolute atomic E-state index is 0.0683.